The number of tetrazole rings is 1. The summed E-state index contributed by atoms with van der Waals surface area (Å²) >= 11 is 0. The van der Waals surface area contributed by atoms with Gasteiger partial charge in [0.05, 0.1) is 5.56 Å². The molecule has 0 aliphatic heterocycles. The molecule has 1 aromatic carbocycles. The minimum absolute atomic E-state index is 0.0778. The van der Waals surface area contributed by atoms with E-state index in [0.29, 0.717) is 19.5 Å². The number of halogens is 2. The molecule has 2 N–H and O–H groups in total. The molecular weight excluding hydrogens is 228 g/mol. The van der Waals surface area contributed by atoms with Crippen LogP contribution in [0.15, 0.2) is 18.2 Å². The lowest BCUT2D eigenvalue weighted by atomic mass is 10.2. The number of hydrogen-bond donors (Lipinski definition) is 1. The van der Waals surface area contributed by atoms with Gasteiger partial charge in [-0.3, -0.25) is 0 Å². The van der Waals surface area contributed by atoms with Crippen molar-refractivity contribution in [2.24, 2.45) is 5.73 Å². The third-order valence-electron chi connectivity index (χ3n) is 2.29. The molecule has 17 heavy (non-hydrogen) atoms. The Morgan fingerprint density at radius 3 is 2.59 bits per heavy atom. The molecule has 0 bridgehead atoms. The van der Waals surface area contributed by atoms with Crippen LogP contribution in [0, 0.1) is 11.6 Å². The summed E-state index contributed by atoms with van der Waals surface area (Å²) in [5.74, 6) is -1.29. The number of hydrogen-bond acceptors (Lipinski definition) is 4. The molecule has 90 valence electrons. The standard InChI is InChI=1S/C10H11F2N5/c11-7-3-1-4-8(12)9(7)10-14-15-16-17(10)6-2-5-13/h1,3-4H,2,5-6,13H2. The second-order valence-corrected chi connectivity index (χ2v) is 3.46. The number of nitrogens with zero attached hydrogens (tertiary/aromatic N) is 4. The molecule has 0 radical (unpaired) electrons. The molecule has 5 nitrogen and oxygen atoms in total. The molecule has 1 heterocycles. The summed E-state index contributed by atoms with van der Waals surface area (Å²) in [5.41, 5.74) is 5.15. The van der Waals surface area contributed by atoms with Gasteiger partial charge in [0.15, 0.2) is 5.82 Å². The Hall–Kier alpha value is -1.89. The molecule has 2 rings (SSSR count). The van der Waals surface area contributed by atoms with E-state index in [1.54, 1.807) is 0 Å². The van der Waals surface area contributed by atoms with Gasteiger partial charge < -0.3 is 5.73 Å². The van der Waals surface area contributed by atoms with E-state index in [9.17, 15) is 8.78 Å². The molecule has 0 atom stereocenters. The molecule has 1 aromatic heterocycles. The Labute approximate surface area is 96.2 Å². The van der Waals surface area contributed by atoms with Crippen molar-refractivity contribution in [3.63, 3.8) is 0 Å². The molecule has 0 unspecified atom stereocenters. The zero-order valence-corrected chi connectivity index (χ0v) is 8.98. The van der Waals surface area contributed by atoms with E-state index in [1.807, 2.05) is 0 Å². The molecule has 0 amide bonds. The molecule has 0 aliphatic carbocycles. The second-order valence-electron chi connectivity index (χ2n) is 3.46. The minimum Gasteiger partial charge on any atom is -0.330 e. The quantitative estimate of drug-likeness (QED) is 0.863. The monoisotopic (exact) mass is 239 g/mol. The highest BCUT2D eigenvalue weighted by atomic mass is 19.1. The van der Waals surface area contributed by atoms with Crippen LogP contribution >= 0.6 is 0 Å². The third kappa shape index (κ3) is 2.28. The maximum Gasteiger partial charge on any atom is 0.187 e. The molecular formula is C10H11F2N5. The van der Waals surface area contributed by atoms with Crippen LogP contribution in [-0.4, -0.2) is 26.8 Å². The smallest absolute Gasteiger partial charge is 0.187 e. The van der Waals surface area contributed by atoms with Crippen molar-refractivity contribution in [3.05, 3.63) is 29.8 Å². The Morgan fingerprint density at radius 1 is 1.24 bits per heavy atom. The number of rotatable bonds is 4. The van der Waals surface area contributed by atoms with E-state index in [4.69, 9.17) is 5.73 Å². The summed E-state index contributed by atoms with van der Waals surface area (Å²) in [5, 5.41) is 10.7. The fourth-order valence-corrected chi connectivity index (χ4v) is 1.49. The summed E-state index contributed by atoms with van der Waals surface area (Å²) < 4.78 is 28.4. The van der Waals surface area contributed by atoms with E-state index < -0.39 is 11.6 Å². The molecule has 0 saturated carbocycles. The van der Waals surface area contributed by atoms with Crippen LogP contribution < -0.4 is 5.73 Å². The topological polar surface area (TPSA) is 69.6 Å². The van der Waals surface area contributed by atoms with Gasteiger partial charge in [0.1, 0.15) is 11.6 Å². The number of aromatic nitrogens is 4. The first-order valence-electron chi connectivity index (χ1n) is 5.14. The summed E-state index contributed by atoms with van der Waals surface area (Å²) in [7, 11) is 0. The van der Waals surface area contributed by atoms with Crippen molar-refractivity contribution in [2.45, 2.75) is 13.0 Å². The van der Waals surface area contributed by atoms with Crippen molar-refractivity contribution < 1.29 is 8.78 Å². The van der Waals surface area contributed by atoms with Gasteiger partial charge in [-0.2, -0.15) is 0 Å². The van der Waals surface area contributed by atoms with Gasteiger partial charge in [-0.1, -0.05) is 6.07 Å². The predicted octanol–water partition coefficient (Wildman–Crippen LogP) is 0.967. The minimum atomic E-state index is -0.686. The van der Waals surface area contributed by atoms with Crippen LogP contribution in [0.5, 0.6) is 0 Å². The van der Waals surface area contributed by atoms with Gasteiger partial charge in [0.25, 0.3) is 0 Å². The molecule has 0 fully saturated rings. The Bertz CT molecular complexity index is 491. The highest BCUT2D eigenvalue weighted by Crippen LogP contribution is 2.23. The van der Waals surface area contributed by atoms with Gasteiger partial charge in [-0.05, 0) is 35.5 Å². The molecule has 0 spiro atoms. The molecule has 2 aromatic rings. The van der Waals surface area contributed by atoms with Crippen LogP contribution in [0.25, 0.3) is 11.4 Å². The van der Waals surface area contributed by atoms with Gasteiger partial charge in [-0.15, -0.1) is 5.10 Å². The lowest BCUT2D eigenvalue weighted by Crippen LogP contribution is -2.09. The van der Waals surface area contributed by atoms with Gasteiger partial charge in [0, 0.05) is 6.54 Å². The maximum absolute atomic E-state index is 13.5. The Kier molecular flexibility index (Phi) is 3.38. The highest BCUT2D eigenvalue weighted by Gasteiger charge is 2.17. The van der Waals surface area contributed by atoms with Crippen LogP contribution in [0.1, 0.15) is 6.42 Å². The van der Waals surface area contributed by atoms with Crippen molar-refractivity contribution in [1.29, 1.82) is 0 Å². The van der Waals surface area contributed by atoms with E-state index in [2.05, 4.69) is 15.5 Å². The fourth-order valence-electron chi connectivity index (χ4n) is 1.49. The zero-order valence-electron chi connectivity index (χ0n) is 8.98. The van der Waals surface area contributed by atoms with Gasteiger partial charge in [0.2, 0.25) is 0 Å². The van der Waals surface area contributed by atoms with E-state index >= 15 is 0 Å². The Morgan fingerprint density at radius 2 is 1.94 bits per heavy atom. The summed E-state index contributed by atoms with van der Waals surface area (Å²) in [6, 6.07) is 3.63. The summed E-state index contributed by atoms with van der Waals surface area (Å²) in [6.45, 7) is 0.881. The van der Waals surface area contributed by atoms with Gasteiger partial charge >= 0.3 is 0 Å². The predicted molar refractivity (Wildman–Crippen MR) is 56.8 cm³/mol. The maximum atomic E-state index is 13.5. The van der Waals surface area contributed by atoms with E-state index in [-0.39, 0.29) is 11.4 Å². The number of nitrogens with two attached hydrogens (primary N) is 1. The molecule has 0 aliphatic rings. The first-order chi connectivity index (χ1) is 8.24. The SMILES string of the molecule is NCCCn1nnnc1-c1c(F)cccc1F. The highest BCUT2D eigenvalue weighted by molar-refractivity contribution is 5.56. The van der Waals surface area contributed by atoms with Crippen LogP contribution in [0.4, 0.5) is 8.78 Å². The van der Waals surface area contributed by atoms with Crippen LogP contribution in [-0.2, 0) is 6.54 Å². The summed E-state index contributed by atoms with van der Waals surface area (Å²) in [6.07, 6.45) is 0.633. The largest absolute Gasteiger partial charge is 0.330 e. The van der Waals surface area contributed by atoms with Gasteiger partial charge in [-0.25, -0.2) is 13.5 Å². The first kappa shape index (κ1) is 11.6. The molecule has 0 saturated heterocycles. The van der Waals surface area contributed by atoms with E-state index in [0.717, 1.165) is 0 Å². The van der Waals surface area contributed by atoms with Crippen LogP contribution in [0.3, 0.4) is 0 Å². The Balaban J connectivity index is 2.43. The average Bonchev–Trinajstić information content (AvgIpc) is 2.74. The van der Waals surface area contributed by atoms with E-state index in [1.165, 1.54) is 22.9 Å². The van der Waals surface area contributed by atoms with Crippen LogP contribution in [0.2, 0.25) is 0 Å². The average molecular weight is 239 g/mol. The fraction of sp³-hybridized carbons (Fsp3) is 0.300. The number of benzene rings is 1. The zero-order chi connectivity index (χ0) is 12.3. The lowest BCUT2D eigenvalue weighted by molar-refractivity contribution is 0.555. The first-order valence-corrected chi connectivity index (χ1v) is 5.14. The number of aryl methyl sites for hydroxylation is 1. The second kappa shape index (κ2) is 4.96. The third-order valence-corrected chi connectivity index (χ3v) is 2.29. The van der Waals surface area contributed by atoms with Crippen molar-refractivity contribution in [1.82, 2.24) is 20.2 Å². The van der Waals surface area contributed by atoms with Crippen molar-refractivity contribution in [3.8, 4) is 11.4 Å². The normalized spacial score (nSPS) is 10.8. The van der Waals surface area contributed by atoms with Crippen molar-refractivity contribution in [2.75, 3.05) is 6.54 Å². The lowest BCUT2D eigenvalue weighted by Gasteiger charge is -2.05. The summed E-state index contributed by atoms with van der Waals surface area (Å²) in [4.78, 5) is 0. The van der Waals surface area contributed by atoms with Crippen molar-refractivity contribution >= 4 is 0 Å². The molecule has 7 heteroatoms.